The molecule has 30 heavy (non-hydrogen) atoms. The topological polar surface area (TPSA) is 70.1 Å². The van der Waals surface area contributed by atoms with Crippen LogP contribution in [0.4, 0.5) is 17.2 Å². The van der Waals surface area contributed by atoms with Gasteiger partial charge in [0.2, 0.25) is 5.91 Å². The molecule has 4 rings (SSSR count). The monoisotopic (exact) mass is 397 g/mol. The Hall–Kier alpha value is -3.19. The zero-order valence-electron chi connectivity index (χ0n) is 16.8. The van der Waals surface area contributed by atoms with Gasteiger partial charge in [-0.25, -0.2) is 9.97 Å². The summed E-state index contributed by atoms with van der Waals surface area (Å²) in [5, 5.41) is 7.01. The van der Waals surface area contributed by atoms with Gasteiger partial charge in [0.05, 0.1) is 5.52 Å². The van der Waals surface area contributed by atoms with Crippen LogP contribution in [0.5, 0.6) is 0 Å². The highest BCUT2D eigenvalue weighted by atomic mass is 16.1. The van der Waals surface area contributed by atoms with Gasteiger partial charge >= 0.3 is 0 Å². The lowest BCUT2D eigenvalue weighted by molar-refractivity contribution is -0.111. The van der Waals surface area contributed by atoms with Gasteiger partial charge in [0.15, 0.2) is 0 Å². The number of aromatic nitrogens is 2. The van der Waals surface area contributed by atoms with Crippen molar-refractivity contribution in [2.45, 2.75) is 19.3 Å². The number of benzene rings is 2. The normalized spacial score (nSPS) is 14.8. The van der Waals surface area contributed by atoms with E-state index in [1.807, 2.05) is 48.5 Å². The zero-order chi connectivity index (χ0) is 20.8. The van der Waals surface area contributed by atoms with Crippen LogP contribution < -0.4 is 16.1 Å². The summed E-state index contributed by atoms with van der Waals surface area (Å²) < 4.78 is 0. The van der Waals surface area contributed by atoms with Crippen molar-refractivity contribution >= 4 is 47.3 Å². The van der Waals surface area contributed by atoms with Gasteiger partial charge in [0.1, 0.15) is 20.0 Å². The van der Waals surface area contributed by atoms with E-state index < -0.39 is 0 Å². The Morgan fingerprint density at radius 3 is 2.77 bits per heavy atom. The van der Waals surface area contributed by atoms with Crippen LogP contribution in [0, 0.1) is 0 Å². The van der Waals surface area contributed by atoms with Crippen LogP contribution in [0.1, 0.15) is 19.3 Å². The van der Waals surface area contributed by atoms with E-state index in [0.29, 0.717) is 17.0 Å². The zero-order valence-corrected chi connectivity index (χ0v) is 16.8. The van der Waals surface area contributed by atoms with E-state index in [1.54, 1.807) is 6.08 Å². The first-order valence-electron chi connectivity index (χ1n) is 10.2. The molecular formula is C23H24BN5O. The van der Waals surface area contributed by atoms with Crippen molar-refractivity contribution in [1.29, 1.82) is 0 Å². The minimum Gasteiger partial charge on any atom is -0.340 e. The number of fused-ring (bicyclic) bond motifs is 1. The molecule has 6 nitrogen and oxygen atoms in total. The van der Waals surface area contributed by atoms with Crippen molar-refractivity contribution in [1.82, 2.24) is 14.9 Å². The molecule has 1 saturated heterocycles. The number of likely N-dealkylation sites (tertiary alicyclic amines) is 1. The number of amides is 1. The van der Waals surface area contributed by atoms with Crippen molar-refractivity contribution in [3.63, 3.8) is 0 Å². The van der Waals surface area contributed by atoms with Gasteiger partial charge in [-0.3, -0.25) is 9.69 Å². The Labute approximate surface area is 177 Å². The van der Waals surface area contributed by atoms with E-state index in [9.17, 15) is 4.79 Å². The summed E-state index contributed by atoms with van der Waals surface area (Å²) in [4.78, 5) is 23.4. The van der Waals surface area contributed by atoms with Gasteiger partial charge in [0, 0.05) is 29.4 Å². The van der Waals surface area contributed by atoms with E-state index >= 15 is 0 Å². The molecule has 1 aliphatic heterocycles. The summed E-state index contributed by atoms with van der Waals surface area (Å²) in [5.74, 6) is 0.510. The molecule has 2 heterocycles. The highest BCUT2D eigenvalue weighted by Crippen LogP contribution is 2.25. The smallest absolute Gasteiger partial charge is 0.248 e. The van der Waals surface area contributed by atoms with Gasteiger partial charge in [0.25, 0.3) is 0 Å². The lowest BCUT2D eigenvalue weighted by Crippen LogP contribution is -2.29. The maximum absolute atomic E-state index is 12.3. The summed E-state index contributed by atoms with van der Waals surface area (Å²) in [6.45, 7) is 3.03. The van der Waals surface area contributed by atoms with Crippen LogP contribution in [0.15, 0.2) is 60.9 Å². The van der Waals surface area contributed by atoms with Gasteiger partial charge < -0.3 is 10.6 Å². The van der Waals surface area contributed by atoms with Crippen molar-refractivity contribution in [2.24, 2.45) is 0 Å². The van der Waals surface area contributed by atoms with Crippen LogP contribution in [0.25, 0.3) is 10.9 Å². The quantitative estimate of drug-likeness (QED) is 0.494. The van der Waals surface area contributed by atoms with Crippen LogP contribution in [0.2, 0.25) is 0 Å². The molecule has 0 saturated carbocycles. The molecule has 3 aromatic rings. The molecule has 0 aliphatic carbocycles. The van der Waals surface area contributed by atoms with Crippen LogP contribution in [0.3, 0.4) is 0 Å². The van der Waals surface area contributed by atoms with Gasteiger partial charge in [-0.1, -0.05) is 30.1 Å². The fourth-order valence-corrected chi connectivity index (χ4v) is 3.62. The van der Waals surface area contributed by atoms with Gasteiger partial charge in [-0.2, -0.15) is 0 Å². The third-order valence-corrected chi connectivity index (χ3v) is 5.13. The average molecular weight is 397 g/mol. The largest absolute Gasteiger partial charge is 0.340 e. The summed E-state index contributed by atoms with van der Waals surface area (Å²) in [7, 11) is 5.86. The third kappa shape index (κ3) is 5.24. The minimum absolute atomic E-state index is 0.145. The number of hydrogen-bond donors (Lipinski definition) is 2. The van der Waals surface area contributed by atoms with E-state index in [-0.39, 0.29) is 5.91 Å². The Balaban J connectivity index is 1.46. The first kappa shape index (κ1) is 20.1. The fourth-order valence-electron chi connectivity index (χ4n) is 3.62. The predicted molar refractivity (Wildman–Crippen MR) is 123 cm³/mol. The first-order chi connectivity index (χ1) is 14.7. The number of anilines is 3. The predicted octanol–water partition coefficient (Wildman–Crippen LogP) is 3.15. The molecular weight excluding hydrogens is 373 g/mol. The summed E-state index contributed by atoms with van der Waals surface area (Å²) in [6, 6.07) is 13.1. The molecule has 1 amide bonds. The molecule has 2 radical (unpaired) electrons. The number of carbonyl (C=O) groups excluding carboxylic acids is 1. The number of rotatable bonds is 6. The van der Waals surface area contributed by atoms with Crippen LogP contribution in [-0.2, 0) is 4.79 Å². The van der Waals surface area contributed by atoms with Crippen molar-refractivity contribution in [3.05, 3.63) is 60.9 Å². The van der Waals surface area contributed by atoms with E-state index in [4.69, 9.17) is 7.85 Å². The SMILES string of the molecule is [B]c1cccc(Nc2ncnc3ccc(NC(=O)/C=C/CN4CCCCC4)cc23)c1. The lowest BCUT2D eigenvalue weighted by atomic mass is 9.96. The molecule has 7 heteroatoms. The second-order valence-corrected chi connectivity index (χ2v) is 7.46. The molecule has 1 aromatic heterocycles. The second-order valence-electron chi connectivity index (χ2n) is 7.46. The van der Waals surface area contributed by atoms with Gasteiger partial charge in [-0.15, -0.1) is 0 Å². The average Bonchev–Trinajstić information content (AvgIpc) is 2.75. The summed E-state index contributed by atoms with van der Waals surface area (Å²) in [5.41, 5.74) is 2.99. The summed E-state index contributed by atoms with van der Waals surface area (Å²) >= 11 is 0. The maximum atomic E-state index is 12.3. The molecule has 2 N–H and O–H groups in total. The Kier molecular flexibility index (Phi) is 6.39. The van der Waals surface area contributed by atoms with E-state index in [2.05, 4.69) is 25.5 Å². The molecule has 0 unspecified atom stereocenters. The molecule has 1 fully saturated rings. The molecule has 1 aliphatic rings. The maximum Gasteiger partial charge on any atom is 0.248 e. The standard InChI is InChI=1S/C23H24BN5O/c24-17-6-4-7-18(14-17)28-23-20-15-19(9-10-21(20)25-16-26-23)27-22(30)8-5-13-29-11-2-1-3-12-29/h4-10,14-16H,1-3,11-13H2,(H,27,30)(H,25,26,28)/b8-5+. The van der Waals surface area contributed by atoms with Crippen molar-refractivity contribution in [2.75, 3.05) is 30.3 Å². The molecule has 150 valence electrons. The third-order valence-electron chi connectivity index (χ3n) is 5.13. The number of piperidine rings is 1. The van der Waals surface area contributed by atoms with Gasteiger partial charge in [-0.05, 0) is 56.3 Å². The van der Waals surface area contributed by atoms with Crippen molar-refractivity contribution < 1.29 is 4.79 Å². The summed E-state index contributed by atoms with van der Waals surface area (Å²) in [6.07, 6.45) is 8.83. The van der Waals surface area contributed by atoms with Crippen LogP contribution >= 0.6 is 0 Å². The molecule has 0 bridgehead atoms. The lowest BCUT2D eigenvalue weighted by Gasteiger charge is -2.24. The first-order valence-corrected chi connectivity index (χ1v) is 10.2. The van der Waals surface area contributed by atoms with Crippen LogP contribution in [-0.4, -0.2) is 48.3 Å². The highest BCUT2D eigenvalue weighted by Gasteiger charge is 2.09. The highest BCUT2D eigenvalue weighted by molar-refractivity contribution is 6.32. The number of nitrogens with one attached hydrogen (secondary N) is 2. The Morgan fingerprint density at radius 2 is 1.93 bits per heavy atom. The molecule has 0 spiro atoms. The van der Waals surface area contributed by atoms with E-state index in [1.165, 1.54) is 25.6 Å². The second kappa shape index (κ2) is 9.54. The number of nitrogens with zero attached hydrogens (tertiary/aromatic N) is 3. The fraction of sp³-hybridized carbons (Fsp3) is 0.261. The number of carbonyl (C=O) groups is 1. The Bertz CT molecular complexity index is 1060. The minimum atomic E-state index is -0.145. The molecule has 0 atom stereocenters. The molecule has 2 aromatic carbocycles. The van der Waals surface area contributed by atoms with Crippen molar-refractivity contribution in [3.8, 4) is 0 Å². The van der Waals surface area contributed by atoms with E-state index in [0.717, 1.165) is 36.2 Å². The number of hydrogen-bond acceptors (Lipinski definition) is 5. The Morgan fingerprint density at radius 1 is 1.07 bits per heavy atom.